The van der Waals surface area contributed by atoms with Gasteiger partial charge in [-0.2, -0.15) is 0 Å². The normalized spacial score (nSPS) is 38.2. The molecule has 2 bridgehead atoms. The molecule has 0 spiro atoms. The topological polar surface area (TPSA) is 32.3 Å². The highest BCUT2D eigenvalue weighted by molar-refractivity contribution is 5.37. The van der Waals surface area contributed by atoms with Gasteiger partial charge in [0.25, 0.3) is 0 Å². The van der Waals surface area contributed by atoms with E-state index in [0.717, 1.165) is 12.8 Å². The Bertz CT molecular complexity index is 468. The van der Waals surface area contributed by atoms with Gasteiger partial charge in [-0.1, -0.05) is 30.7 Å². The highest BCUT2D eigenvalue weighted by Crippen LogP contribution is 2.46. The van der Waals surface area contributed by atoms with Crippen molar-refractivity contribution in [3.8, 4) is 0 Å². The fourth-order valence-corrected chi connectivity index (χ4v) is 4.34. The Balaban J connectivity index is 1.71. The van der Waals surface area contributed by atoms with Crippen molar-refractivity contribution in [2.24, 2.45) is 0 Å². The molecule has 2 atom stereocenters. The van der Waals surface area contributed by atoms with Crippen LogP contribution in [-0.2, 0) is 5.60 Å². The lowest BCUT2D eigenvalue weighted by Gasteiger charge is -2.40. The molecule has 2 N–H and O–H groups in total. The van der Waals surface area contributed by atoms with E-state index in [1.807, 2.05) is 0 Å². The molecular weight excluding hydrogens is 234 g/mol. The standard InChI is InChI=1S/C17H23NO/c19-17(10-13-8-9-14(11-17)18-13)16-7-2-1-6-15(16)12-4-3-5-12/h1-2,6-7,12-14,18-19H,3-5,8-11H2. The van der Waals surface area contributed by atoms with Crippen LogP contribution in [0.25, 0.3) is 0 Å². The molecule has 4 rings (SSSR count). The van der Waals surface area contributed by atoms with E-state index in [2.05, 4.69) is 29.6 Å². The van der Waals surface area contributed by atoms with E-state index in [1.165, 1.54) is 43.2 Å². The number of aliphatic hydroxyl groups is 1. The summed E-state index contributed by atoms with van der Waals surface area (Å²) in [5, 5.41) is 14.9. The summed E-state index contributed by atoms with van der Waals surface area (Å²) in [6.07, 6.45) is 8.22. The summed E-state index contributed by atoms with van der Waals surface area (Å²) >= 11 is 0. The molecule has 1 aromatic rings. The number of nitrogens with one attached hydrogen (secondary N) is 1. The lowest BCUT2D eigenvalue weighted by Crippen LogP contribution is -2.47. The third-order valence-corrected chi connectivity index (χ3v) is 5.51. The van der Waals surface area contributed by atoms with E-state index in [-0.39, 0.29) is 0 Å². The largest absolute Gasteiger partial charge is 0.385 e. The number of hydrogen-bond donors (Lipinski definition) is 2. The van der Waals surface area contributed by atoms with Crippen molar-refractivity contribution >= 4 is 0 Å². The van der Waals surface area contributed by atoms with Crippen LogP contribution in [0.2, 0.25) is 0 Å². The van der Waals surface area contributed by atoms with Gasteiger partial charge in [-0.05, 0) is 55.6 Å². The number of fused-ring (bicyclic) bond motifs is 2. The Morgan fingerprint density at radius 1 is 1.00 bits per heavy atom. The van der Waals surface area contributed by atoms with Crippen molar-refractivity contribution in [3.63, 3.8) is 0 Å². The van der Waals surface area contributed by atoms with Gasteiger partial charge in [0, 0.05) is 12.1 Å². The third kappa shape index (κ3) is 1.93. The summed E-state index contributed by atoms with van der Waals surface area (Å²) in [5.41, 5.74) is 2.08. The highest BCUT2D eigenvalue weighted by Gasteiger charge is 2.44. The zero-order valence-corrected chi connectivity index (χ0v) is 11.4. The molecule has 2 nitrogen and oxygen atoms in total. The fraction of sp³-hybridized carbons (Fsp3) is 0.647. The summed E-state index contributed by atoms with van der Waals surface area (Å²) < 4.78 is 0. The molecule has 1 aromatic carbocycles. The quantitative estimate of drug-likeness (QED) is 0.853. The van der Waals surface area contributed by atoms with Crippen LogP contribution in [0.3, 0.4) is 0 Å². The Morgan fingerprint density at radius 2 is 1.68 bits per heavy atom. The van der Waals surface area contributed by atoms with Crippen LogP contribution in [0.5, 0.6) is 0 Å². The maximum atomic E-state index is 11.2. The number of benzene rings is 1. The van der Waals surface area contributed by atoms with E-state index in [9.17, 15) is 5.11 Å². The Morgan fingerprint density at radius 3 is 2.32 bits per heavy atom. The van der Waals surface area contributed by atoms with Gasteiger partial charge in [0.2, 0.25) is 0 Å². The summed E-state index contributed by atoms with van der Waals surface area (Å²) in [4.78, 5) is 0. The Hall–Kier alpha value is -0.860. The molecule has 0 aromatic heterocycles. The Labute approximate surface area is 115 Å². The first kappa shape index (κ1) is 11.9. The van der Waals surface area contributed by atoms with Gasteiger partial charge in [-0.3, -0.25) is 0 Å². The van der Waals surface area contributed by atoms with Gasteiger partial charge in [-0.25, -0.2) is 0 Å². The van der Waals surface area contributed by atoms with Gasteiger partial charge in [0.05, 0.1) is 5.60 Å². The summed E-state index contributed by atoms with van der Waals surface area (Å²) in [6.45, 7) is 0. The highest BCUT2D eigenvalue weighted by atomic mass is 16.3. The van der Waals surface area contributed by atoms with Crippen molar-refractivity contribution in [2.45, 2.75) is 68.5 Å². The zero-order valence-electron chi connectivity index (χ0n) is 11.4. The second kappa shape index (κ2) is 4.32. The van der Waals surface area contributed by atoms with E-state index in [0.29, 0.717) is 18.0 Å². The lowest BCUT2D eigenvalue weighted by molar-refractivity contribution is -0.0127. The minimum atomic E-state index is -0.580. The van der Waals surface area contributed by atoms with Crippen LogP contribution < -0.4 is 5.32 Å². The van der Waals surface area contributed by atoms with E-state index in [1.54, 1.807) is 0 Å². The first-order chi connectivity index (χ1) is 9.24. The molecule has 102 valence electrons. The molecule has 1 saturated carbocycles. The Kier molecular flexibility index (Phi) is 2.71. The minimum absolute atomic E-state index is 0.526. The van der Waals surface area contributed by atoms with E-state index in [4.69, 9.17) is 0 Å². The van der Waals surface area contributed by atoms with Crippen LogP contribution in [0.4, 0.5) is 0 Å². The average Bonchev–Trinajstić information content (AvgIpc) is 2.68. The van der Waals surface area contributed by atoms with E-state index >= 15 is 0 Å². The van der Waals surface area contributed by atoms with Crippen LogP contribution in [0, 0.1) is 0 Å². The fourth-order valence-electron chi connectivity index (χ4n) is 4.34. The van der Waals surface area contributed by atoms with Crippen LogP contribution in [-0.4, -0.2) is 17.2 Å². The van der Waals surface area contributed by atoms with Crippen molar-refractivity contribution in [1.29, 1.82) is 0 Å². The smallest absolute Gasteiger partial charge is 0.0928 e. The molecule has 1 aliphatic carbocycles. The zero-order chi connectivity index (χ0) is 12.9. The first-order valence-electron chi connectivity index (χ1n) is 7.82. The lowest BCUT2D eigenvalue weighted by atomic mass is 9.72. The maximum Gasteiger partial charge on any atom is 0.0928 e. The van der Waals surface area contributed by atoms with Gasteiger partial charge < -0.3 is 10.4 Å². The number of piperidine rings is 1. The second-order valence-electron chi connectivity index (χ2n) is 6.79. The average molecular weight is 257 g/mol. The molecule has 19 heavy (non-hydrogen) atoms. The summed E-state index contributed by atoms with van der Waals surface area (Å²) in [5.74, 6) is 0.702. The van der Waals surface area contributed by atoms with Crippen molar-refractivity contribution in [2.75, 3.05) is 0 Å². The van der Waals surface area contributed by atoms with Gasteiger partial charge in [0.15, 0.2) is 0 Å². The van der Waals surface area contributed by atoms with Gasteiger partial charge in [-0.15, -0.1) is 0 Å². The third-order valence-electron chi connectivity index (χ3n) is 5.51. The summed E-state index contributed by atoms with van der Waals surface area (Å²) in [6, 6.07) is 9.71. The SMILES string of the molecule is OC1(c2ccccc2C2CCC2)CC2CCC(C1)N2. The molecule has 0 radical (unpaired) electrons. The second-order valence-corrected chi connectivity index (χ2v) is 6.79. The van der Waals surface area contributed by atoms with Gasteiger partial charge >= 0.3 is 0 Å². The van der Waals surface area contributed by atoms with Crippen LogP contribution >= 0.6 is 0 Å². The number of hydrogen-bond acceptors (Lipinski definition) is 2. The van der Waals surface area contributed by atoms with Crippen LogP contribution in [0.1, 0.15) is 62.0 Å². The van der Waals surface area contributed by atoms with Crippen molar-refractivity contribution in [1.82, 2.24) is 5.32 Å². The molecule has 2 heterocycles. The minimum Gasteiger partial charge on any atom is -0.385 e. The molecule has 2 unspecified atom stereocenters. The first-order valence-corrected chi connectivity index (χ1v) is 7.82. The summed E-state index contributed by atoms with van der Waals surface area (Å²) in [7, 11) is 0. The maximum absolute atomic E-state index is 11.2. The van der Waals surface area contributed by atoms with Gasteiger partial charge in [0.1, 0.15) is 0 Å². The van der Waals surface area contributed by atoms with Crippen molar-refractivity contribution < 1.29 is 5.11 Å². The molecule has 2 aliphatic heterocycles. The molecule has 0 amide bonds. The van der Waals surface area contributed by atoms with Crippen molar-refractivity contribution in [3.05, 3.63) is 35.4 Å². The predicted octanol–water partition coefficient (Wildman–Crippen LogP) is 3.06. The van der Waals surface area contributed by atoms with E-state index < -0.39 is 5.60 Å². The molecule has 3 aliphatic rings. The predicted molar refractivity (Wildman–Crippen MR) is 76.1 cm³/mol. The molecular formula is C17H23NO. The molecule has 3 fully saturated rings. The number of rotatable bonds is 2. The molecule has 2 heteroatoms. The van der Waals surface area contributed by atoms with Crippen LogP contribution in [0.15, 0.2) is 24.3 Å². The monoisotopic (exact) mass is 257 g/mol. The molecule has 2 saturated heterocycles.